The van der Waals surface area contributed by atoms with Crippen molar-refractivity contribution in [3.8, 4) is 6.19 Å². The molecule has 0 amide bonds. The molecule has 1 aromatic heterocycles. The Labute approximate surface area is 102 Å². The van der Waals surface area contributed by atoms with Gasteiger partial charge in [0.05, 0.1) is 12.3 Å². The standard InChI is InChI=1S/C8H8F3N3OS2/c1-5(17(15)14(2)4-12)6-3-13-7(16-6)8(9,10)11/h3,5H,1-2H3. The molecule has 0 bridgehead atoms. The van der Waals surface area contributed by atoms with E-state index in [4.69, 9.17) is 5.26 Å². The summed E-state index contributed by atoms with van der Waals surface area (Å²) in [4.78, 5) is 3.47. The first-order valence-electron chi connectivity index (χ1n) is 4.34. The van der Waals surface area contributed by atoms with Crippen molar-refractivity contribution in [2.75, 3.05) is 7.05 Å². The number of nitriles is 1. The summed E-state index contributed by atoms with van der Waals surface area (Å²) < 4.78 is 49.4. The van der Waals surface area contributed by atoms with E-state index in [-0.39, 0.29) is 4.88 Å². The van der Waals surface area contributed by atoms with Crippen LogP contribution in [-0.2, 0) is 17.1 Å². The molecule has 0 fully saturated rings. The number of thiazole rings is 1. The fourth-order valence-electron chi connectivity index (χ4n) is 0.982. The summed E-state index contributed by atoms with van der Waals surface area (Å²) in [6.07, 6.45) is -1.80. The minimum atomic E-state index is -4.49. The van der Waals surface area contributed by atoms with Gasteiger partial charge in [0.15, 0.2) is 10.3 Å². The van der Waals surface area contributed by atoms with Crippen molar-refractivity contribution >= 4 is 22.3 Å². The van der Waals surface area contributed by atoms with Gasteiger partial charge in [-0.15, -0.1) is 11.3 Å². The van der Waals surface area contributed by atoms with Crippen LogP contribution in [0.15, 0.2) is 6.20 Å². The third-order valence-corrected chi connectivity index (χ3v) is 4.73. The zero-order valence-corrected chi connectivity index (χ0v) is 10.5. The van der Waals surface area contributed by atoms with Crippen molar-refractivity contribution < 1.29 is 21.7 Å². The molecule has 1 heterocycles. The SMILES string of the molecule is CC(c1cnc(C(F)(F)F)s1)S([O-])=[N+](C)C#N. The molecule has 1 rings (SSSR count). The molecule has 2 unspecified atom stereocenters. The molecule has 1 aromatic rings. The Hall–Kier alpha value is -0.980. The van der Waals surface area contributed by atoms with Crippen molar-refractivity contribution in [3.63, 3.8) is 0 Å². The van der Waals surface area contributed by atoms with Crippen LogP contribution in [0, 0.1) is 11.5 Å². The van der Waals surface area contributed by atoms with Crippen molar-refractivity contribution in [1.82, 2.24) is 4.98 Å². The van der Waals surface area contributed by atoms with Crippen molar-refractivity contribution in [2.45, 2.75) is 18.3 Å². The van der Waals surface area contributed by atoms with E-state index < -0.39 is 27.4 Å². The first-order chi connectivity index (χ1) is 7.77. The molecule has 9 heteroatoms. The van der Waals surface area contributed by atoms with Gasteiger partial charge in [-0.3, -0.25) is 0 Å². The van der Waals surface area contributed by atoms with E-state index in [0.29, 0.717) is 11.3 Å². The molecule has 4 nitrogen and oxygen atoms in total. The highest BCUT2D eigenvalue weighted by atomic mass is 32.2. The molecule has 0 aliphatic carbocycles. The van der Waals surface area contributed by atoms with Gasteiger partial charge in [-0.25, -0.2) is 4.98 Å². The van der Waals surface area contributed by atoms with Crippen LogP contribution in [0.25, 0.3) is 0 Å². The van der Waals surface area contributed by atoms with Gasteiger partial charge in [0.1, 0.15) is 0 Å². The molecule has 0 saturated carbocycles. The lowest BCUT2D eigenvalue weighted by Gasteiger charge is -2.17. The van der Waals surface area contributed by atoms with Crippen LogP contribution in [0.3, 0.4) is 0 Å². The largest absolute Gasteiger partial charge is 0.771 e. The summed E-state index contributed by atoms with van der Waals surface area (Å²) in [6.45, 7) is 1.48. The maximum absolute atomic E-state index is 12.3. The highest BCUT2D eigenvalue weighted by molar-refractivity contribution is 7.79. The maximum atomic E-state index is 12.3. The van der Waals surface area contributed by atoms with E-state index in [0.717, 1.165) is 10.1 Å². The Balaban J connectivity index is 3.04. The second kappa shape index (κ2) is 5.12. The van der Waals surface area contributed by atoms with Gasteiger partial charge in [-0.2, -0.15) is 17.1 Å². The smallest absolute Gasteiger partial charge is 0.464 e. The van der Waals surface area contributed by atoms with Crippen LogP contribution in [0.2, 0.25) is 0 Å². The number of hydrogen-bond acceptors (Lipinski definition) is 4. The Morgan fingerprint density at radius 2 is 2.24 bits per heavy atom. The summed E-state index contributed by atoms with van der Waals surface area (Å²) in [5, 5.41) is 6.85. The van der Waals surface area contributed by atoms with Crippen LogP contribution in [0.5, 0.6) is 0 Å². The lowest BCUT2D eigenvalue weighted by atomic mass is 10.4. The Morgan fingerprint density at radius 1 is 1.65 bits per heavy atom. The Morgan fingerprint density at radius 3 is 2.65 bits per heavy atom. The average Bonchev–Trinajstić information content (AvgIpc) is 2.74. The summed E-state index contributed by atoms with van der Waals surface area (Å²) >= 11 is 0.439. The predicted octanol–water partition coefficient (Wildman–Crippen LogP) is 2.28. The van der Waals surface area contributed by atoms with E-state index in [9.17, 15) is 17.7 Å². The highest BCUT2D eigenvalue weighted by Crippen LogP contribution is 2.35. The van der Waals surface area contributed by atoms with E-state index in [1.807, 2.05) is 0 Å². The molecule has 0 saturated heterocycles. The molecular formula is C8H8F3N3OS2. The monoisotopic (exact) mass is 283 g/mol. The summed E-state index contributed by atoms with van der Waals surface area (Å²) in [7, 11) is -0.395. The van der Waals surface area contributed by atoms with Gasteiger partial charge < -0.3 is 4.55 Å². The lowest BCUT2D eigenvalue weighted by Crippen LogP contribution is -2.11. The van der Waals surface area contributed by atoms with Crippen LogP contribution < -0.4 is 0 Å². The topological polar surface area (TPSA) is 62.8 Å². The number of rotatable bonds is 2. The first kappa shape index (κ1) is 14.1. The summed E-state index contributed by atoms with van der Waals surface area (Å²) in [5.74, 6) is 0. The fraction of sp³-hybridized carbons (Fsp3) is 0.500. The van der Waals surface area contributed by atoms with E-state index in [1.165, 1.54) is 14.0 Å². The molecule has 0 aliphatic heterocycles. The number of nitrogens with zero attached hydrogens (tertiary/aromatic N) is 3. The van der Waals surface area contributed by atoms with Crippen LogP contribution in [-0.4, -0.2) is 20.5 Å². The average molecular weight is 283 g/mol. The lowest BCUT2D eigenvalue weighted by molar-refractivity contribution is -0.379. The third kappa shape index (κ3) is 3.24. The fourth-order valence-corrected chi connectivity index (χ4v) is 2.90. The van der Waals surface area contributed by atoms with E-state index >= 15 is 0 Å². The maximum Gasteiger partial charge on any atom is 0.464 e. The number of aromatic nitrogens is 1. The second-order valence-corrected chi connectivity index (χ2v) is 5.95. The molecular weight excluding hydrogens is 275 g/mol. The molecule has 0 radical (unpaired) electrons. The molecule has 94 valence electrons. The highest BCUT2D eigenvalue weighted by Gasteiger charge is 2.35. The molecule has 2 atom stereocenters. The van der Waals surface area contributed by atoms with E-state index in [1.54, 1.807) is 6.19 Å². The Kier molecular flexibility index (Phi) is 4.24. The van der Waals surface area contributed by atoms with Gasteiger partial charge in [0.25, 0.3) is 0 Å². The van der Waals surface area contributed by atoms with Gasteiger partial charge >= 0.3 is 12.4 Å². The van der Waals surface area contributed by atoms with E-state index in [2.05, 4.69) is 4.98 Å². The molecule has 0 N–H and O–H groups in total. The predicted molar refractivity (Wildman–Crippen MR) is 55.5 cm³/mol. The number of hydrogen-bond donors (Lipinski definition) is 0. The molecule has 0 aromatic carbocycles. The van der Waals surface area contributed by atoms with Gasteiger partial charge in [-0.05, 0) is 6.92 Å². The second-order valence-electron chi connectivity index (χ2n) is 3.08. The zero-order valence-electron chi connectivity index (χ0n) is 8.85. The van der Waals surface area contributed by atoms with Gasteiger partial charge in [0, 0.05) is 11.1 Å². The normalized spacial score (nSPS) is 16.2. The quantitative estimate of drug-likeness (QED) is 0.475. The van der Waals surface area contributed by atoms with Crippen LogP contribution in [0.1, 0.15) is 22.1 Å². The van der Waals surface area contributed by atoms with Crippen molar-refractivity contribution in [3.05, 3.63) is 16.1 Å². The molecule has 0 aliphatic rings. The minimum Gasteiger partial charge on any atom is -0.771 e. The van der Waals surface area contributed by atoms with Gasteiger partial charge in [-0.1, -0.05) is 11.0 Å². The van der Waals surface area contributed by atoms with Crippen LogP contribution in [0.4, 0.5) is 13.2 Å². The minimum absolute atomic E-state index is 0.234. The number of alkyl halides is 3. The first-order valence-corrected chi connectivity index (χ1v) is 6.33. The zero-order chi connectivity index (χ0) is 13.2. The summed E-state index contributed by atoms with van der Waals surface area (Å²) in [6, 6.07) is 0. The number of halogens is 3. The van der Waals surface area contributed by atoms with Gasteiger partial charge in [0.2, 0.25) is 0 Å². The van der Waals surface area contributed by atoms with Crippen molar-refractivity contribution in [1.29, 1.82) is 5.26 Å². The Bertz CT molecular complexity index is 489. The summed E-state index contributed by atoms with van der Waals surface area (Å²) in [5.41, 5.74) is 0. The van der Waals surface area contributed by atoms with Crippen LogP contribution >= 0.6 is 11.3 Å². The molecule has 0 spiro atoms. The third-order valence-electron chi connectivity index (χ3n) is 1.88. The van der Waals surface area contributed by atoms with Crippen molar-refractivity contribution in [2.24, 2.45) is 0 Å². The molecule has 17 heavy (non-hydrogen) atoms.